The molecule has 3 heterocycles. The number of halogens is 1. The van der Waals surface area contributed by atoms with Gasteiger partial charge in [-0.05, 0) is 144 Å². The fourth-order valence-electron chi connectivity index (χ4n) is 8.17. The first-order chi connectivity index (χ1) is 29.7. The highest BCUT2D eigenvalue weighted by atomic mass is 79.9. The first kappa shape index (κ1) is 46.1. The quantitative estimate of drug-likeness (QED) is 0.0769. The van der Waals surface area contributed by atoms with E-state index in [0.717, 1.165) is 74.0 Å². The Bertz CT molecular complexity index is 2780. The summed E-state index contributed by atoms with van der Waals surface area (Å²) in [6.07, 6.45) is 14.1. The molecule has 0 radical (unpaired) electrons. The lowest BCUT2D eigenvalue weighted by atomic mass is 9.95. The van der Waals surface area contributed by atoms with Crippen molar-refractivity contribution >= 4 is 89.4 Å². The van der Waals surface area contributed by atoms with Crippen LogP contribution in [0.5, 0.6) is 0 Å². The Morgan fingerprint density at radius 1 is 0.619 bits per heavy atom. The number of aromatic amines is 3. The van der Waals surface area contributed by atoms with Crippen molar-refractivity contribution in [2.45, 2.75) is 91.3 Å². The molecule has 0 fully saturated rings. The van der Waals surface area contributed by atoms with Gasteiger partial charge in [-0.3, -0.25) is 24.0 Å². The number of rotatable bonds is 9. The standard InChI is InChI=1S/2C20H24N2O3.C9H7BrN2O/c2*1-20(2,3)25-17(23)11-12-4-5-13(10-12)14-6-7-16(19(21)24)18-15(14)8-9-22-18;10-7-2-1-6(9(11)13)8-5(7)3-4-12-8/h6-10,12,22H,4-5,11H2,1-3H3,(H2,21,24);5-9,12,22H,4,10-11H2,1-3H3,(H2,21,24);1-4,12H,(H2,11,13). The second-order valence-electron chi connectivity index (χ2n) is 17.9. The van der Waals surface area contributed by atoms with Crippen molar-refractivity contribution in [1.29, 1.82) is 0 Å². The van der Waals surface area contributed by atoms with Gasteiger partial charge in [-0.25, -0.2) is 0 Å². The molecule has 0 aliphatic heterocycles. The average molecular weight is 920 g/mol. The normalized spacial score (nSPS) is 16.1. The minimum atomic E-state index is -0.454. The number of nitrogens with one attached hydrogen (secondary N) is 3. The van der Waals surface area contributed by atoms with Crippen LogP contribution in [0.2, 0.25) is 0 Å². The maximum Gasteiger partial charge on any atom is 0.306 e. The van der Waals surface area contributed by atoms with Gasteiger partial charge in [-0.15, -0.1) is 0 Å². The van der Waals surface area contributed by atoms with Gasteiger partial charge < -0.3 is 41.6 Å². The molecule has 6 aromatic rings. The van der Waals surface area contributed by atoms with Crippen LogP contribution >= 0.6 is 15.9 Å². The van der Waals surface area contributed by atoms with E-state index in [-0.39, 0.29) is 23.8 Å². The van der Waals surface area contributed by atoms with Gasteiger partial charge in [0.1, 0.15) is 11.2 Å². The number of aromatic nitrogens is 3. The number of carbonyl (C=O) groups is 5. The summed E-state index contributed by atoms with van der Waals surface area (Å²) in [6, 6.07) is 16.7. The maximum atomic E-state index is 12.0. The number of nitrogens with two attached hydrogens (primary N) is 3. The average Bonchev–Trinajstić information content (AvgIpc) is 4.03. The first-order valence-electron chi connectivity index (χ1n) is 20.9. The molecule has 9 N–H and O–H groups in total. The molecule has 0 saturated heterocycles. The van der Waals surface area contributed by atoms with Crippen LogP contribution in [0.4, 0.5) is 0 Å². The maximum absolute atomic E-state index is 12.0. The number of carbonyl (C=O) groups excluding carboxylic acids is 5. The predicted molar refractivity (Wildman–Crippen MR) is 250 cm³/mol. The van der Waals surface area contributed by atoms with Crippen LogP contribution < -0.4 is 17.2 Å². The van der Waals surface area contributed by atoms with E-state index in [9.17, 15) is 24.0 Å². The number of fused-ring (bicyclic) bond motifs is 3. The minimum Gasteiger partial charge on any atom is -0.460 e. The molecule has 2 atom stereocenters. The van der Waals surface area contributed by atoms with Gasteiger partial charge in [0.2, 0.25) is 0 Å². The van der Waals surface area contributed by atoms with Crippen molar-refractivity contribution in [3.05, 3.63) is 118 Å². The number of H-pyrrole nitrogens is 3. The Kier molecular flexibility index (Phi) is 13.8. The van der Waals surface area contributed by atoms with Gasteiger partial charge in [0.15, 0.2) is 0 Å². The molecule has 63 heavy (non-hydrogen) atoms. The van der Waals surface area contributed by atoms with E-state index in [1.54, 1.807) is 24.4 Å². The molecule has 2 aliphatic carbocycles. The van der Waals surface area contributed by atoms with Gasteiger partial charge in [-0.2, -0.15) is 0 Å². The zero-order valence-electron chi connectivity index (χ0n) is 36.4. The van der Waals surface area contributed by atoms with Gasteiger partial charge in [-0.1, -0.05) is 40.2 Å². The smallest absolute Gasteiger partial charge is 0.306 e. The number of primary amides is 3. The molecule has 0 spiro atoms. The second kappa shape index (κ2) is 18.9. The number of esters is 2. The number of amides is 3. The molecule has 2 unspecified atom stereocenters. The van der Waals surface area contributed by atoms with Crippen molar-refractivity contribution < 1.29 is 33.4 Å². The minimum absolute atomic E-state index is 0.150. The van der Waals surface area contributed by atoms with E-state index in [4.69, 9.17) is 26.7 Å². The van der Waals surface area contributed by atoms with Crippen molar-refractivity contribution in [3.8, 4) is 0 Å². The van der Waals surface area contributed by atoms with Gasteiger partial charge >= 0.3 is 11.9 Å². The Balaban J connectivity index is 0.000000165. The van der Waals surface area contributed by atoms with Crippen LogP contribution in [0.25, 0.3) is 43.9 Å². The van der Waals surface area contributed by atoms with Gasteiger partial charge in [0.05, 0.1) is 39.7 Å². The zero-order chi connectivity index (χ0) is 45.8. The summed E-state index contributed by atoms with van der Waals surface area (Å²) in [6.45, 7) is 11.3. The number of allylic oxidation sites excluding steroid dienone is 4. The Labute approximate surface area is 374 Å². The lowest BCUT2D eigenvalue weighted by molar-refractivity contribution is -0.156. The van der Waals surface area contributed by atoms with Crippen LogP contribution in [-0.2, 0) is 19.1 Å². The third-order valence-corrected chi connectivity index (χ3v) is 11.4. The van der Waals surface area contributed by atoms with Crippen LogP contribution in [0, 0.1) is 11.8 Å². The lowest BCUT2D eigenvalue weighted by Crippen LogP contribution is -2.24. The summed E-state index contributed by atoms with van der Waals surface area (Å²) in [5, 5.41) is 2.94. The third-order valence-electron chi connectivity index (χ3n) is 10.8. The van der Waals surface area contributed by atoms with Gasteiger partial charge in [0, 0.05) is 45.6 Å². The van der Waals surface area contributed by atoms with Crippen LogP contribution in [0.3, 0.4) is 0 Å². The van der Waals surface area contributed by atoms with E-state index in [2.05, 4.69) is 43.0 Å². The van der Waals surface area contributed by atoms with E-state index in [0.29, 0.717) is 29.5 Å². The Morgan fingerprint density at radius 2 is 1.06 bits per heavy atom. The molecule has 13 nitrogen and oxygen atoms in total. The third kappa shape index (κ3) is 11.4. The topological polar surface area (TPSA) is 229 Å². The van der Waals surface area contributed by atoms with Crippen LogP contribution in [0.1, 0.15) is 122 Å². The van der Waals surface area contributed by atoms with Crippen molar-refractivity contribution in [2.75, 3.05) is 0 Å². The molecule has 3 aromatic carbocycles. The highest BCUT2D eigenvalue weighted by molar-refractivity contribution is 9.10. The molecule has 8 rings (SSSR count). The number of hydrogen-bond acceptors (Lipinski definition) is 7. The molecular weight excluding hydrogens is 864 g/mol. The highest BCUT2D eigenvalue weighted by Crippen LogP contribution is 2.39. The number of hydrogen-bond donors (Lipinski definition) is 6. The summed E-state index contributed by atoms with van der Waals surface area (Å²) in [5.74, 6) is -1.16. The summed E-state index contributed by atoms with van der Waals surface area (Å²) >= 11 is 3.39. The predicted octanol–water partition coefficient (Wildman–Crippen LogP) is 9.61. The molecule has 0 saturated carbocycles. The molecule has 2 aliphatic rings. The Morgan fingerprint density at radius 3 is 1.56 bits per heavy atom. The van der Waals surface area contributed by atoms with Crippen molar-refractivity contribution in [1.82, 2.24) is 15.0 Å². The summed E-state index contributed by atoms with van der Waals surface area (Å²) < 4.78 is 11.8. The second-order valence-corrected chi connectivity index (χ2v) is 18.8. The van der Waals surface area contributed by atoms with Crippen molar-refractivity contribution in [2.24, 2.45) is 29.0 Å². The van der Waals surface area contributed by atoms with Crippen molar-refractivity contribution in [3.63, 3.8) is 0 Å². The van der Waals surface area contributed by atoms with E-state index in [1.165, 1.54) is 11.1 Å². The molecule has 330 valence electrons. The molecule has 0 bridgehead atoms. The van der Waals surface area contributed by atoms with Crippen LogP contribution in [-0.4, -0.2) is 55.8 Å². The van der Waals surface area contributed by atoms with Crippen LogP contribution in [0.15, 0.2) is 89.8 Å². The summed E-state index contributed by atoms with van der Waals surface area (Å²) in [7, 11) is 0. The zero-order valence-corrected chi connectivity index (χ0v) is 38.0. The lowest BCUT2D eigenvalue weighted by Gasteiger charge is -2.20. The van der Waals surface area contributed by atoms with Gasteiger partial charge in [0.25, 0.3) is 17.7 Å². The molecule has 3 amide bonds. The SMILES string of the molecule is CC(C)(C)OC(=O)CC1C=C(c2ccc(C(N)=O)c3[nH]ccc23)CC1.CC(C)(C)OC(=O)CC1CC=C(c2ccc(C(N)=O)c3[nH]ccc23)C1.NC(=O)c1ccc(Br)c2cc[nH]c12. The van der Waals surface area contributed by atoms with E-state index < -0.39 is 28.9 Å². The summed E-state index contributed by atoms with van der Waals surface area (Å²) in [5.41, 5.74) is 23.6. The number of benzene rings is 3. The first-order valence-corrected chi connectivity index (χ1v) is 21.7. The Hall–Kier alpha value is -6.41. The van der Waals surface area contributed by atoms with E-state index in [1.807, 2.05) is 90.3 Å². The number of ether oxygens (including phenoxy) is 2. The monoisotopic (exact) mass is 918 g/mol. The molecule has 14 heteroatoms. The highest BCUT2D eigenvalue weighted by Gasteiger charge is 2.27. The fourth-order valence-corrected chi connectivity index (χ4v) is 8.63. The van der Waals surface area contributed by atoms with E-state index >= 15 is 0 Å². The molecule has 3 aromatic heterocycles. The molecular formula is C49H55BrN6O7. The fraction of sp³-hybridized carbons (Fsp3) is 0.327. The summed E-state index contributed by atoms with van der Waals surface area (Å²) in [4.78, 5) is 67.4. The largest absolute Gasteiger partial charge is 0.460 e.